The first kappa shape index (κ1) is 24.2. The third kappa shape index (κ3) is 4.94. The van der Waals surface area contributed by atoms with Crippen molar-refractivity contribution in [2.24, 2.45) is 5.92 Å². The van der Waals surface area contributed by atoms with Crippen LogP contribution in [0.1, 0.15) is 44.4 Å². The lowest BCUT2D eigenvalue weighted by Crippen LogP contribution is -2.56. The highest BCUT2D eigenvalue weighted by molar-refractivity contribution is 6.07. The molecular formula is C27H36N4O3. The van der Waals surface area contributed by atoms with E-state index < -0.39 is 5.54 Å². The molecule has 0 bridgehead atoms. The molecule has 4 rings (SSSR count). The number of methoxy groups -OCH3 is 1. The number of carbonyl (C=O) groups excluding carboxylic acids is 2. The number of ether oxygens (including phenoxy) is 1. The number of carbonyl (C=O) groups is 2. The van der Waals surface area contributed by atoms with E-state index in [1.54, 1.807) is 7.11 Å². The molecule has 2 aromatic rings. The lowest BCUT2D eigenvalue weighted by Gasteiger charge is -2.42. The molecule has 2 aliphatic heterocycles. The van der Waals surface area contributed by atoms with Gasteiger partial charge >= 0.3 is 6.03 Å². The Morgan fingerprint density at radius 1 is 1.15 bits per heavy atom. The van der Waals surface area contributed by atoms with Gasteiger partial charge in [0.1, 0.15) is 11.3 Å². The Hall–Kier alpha value is -2.93. The topological polar surface area (TPSA) is 74.8 Å². The van der Waals surface area contributed by atoms with Crippen LogP contribution in [0.5, 0.6) is 5.75 Å². The van der Waals surface area contributed by atoms with E-state index in [2.05, 4.69) is 28.2 Å². The maximum Gasteiger partial charge on any atom is 0.325 e. The number of imide groups is 1. The molecule has 2 atom stereocenters. The van der Waals surface area contributed by atoms with Gasteiger partial charge in [-0.25, -0.2) is 4.79 Å². The molecule has 1 N–H and O–H groups in total. The van der Waals surface area contributed by atoms with Crippen LogP contribution in [-0.4, -0.2) is 65.0 Å². The molecule has 2 aliphatic rings. The van der Waals surface area contributed by atoms with Crippen molar-refractivity contribution in [1.29, 1.82) is 0 Å². The minimum Gasteiger partial charge on any atom is -0.497 e. The quantitative estimate of drug-likeness (QED) is 0.573. The van der Waals surface area contributed by atoms with Crippen LogP contribution in [-0.2, 0) is 17.6 Å². The Labute approximate surface area is 202 Å². The van der Waals surface area contributed by atoms with Crippen molar-refractivity contribution in [3.63, 3.8) is 0 Å². The Kier molecular flexibility index (Phi) is 7.51. The molecule has 182 valence electrons. The van der Waals surface area contributed by atoms with Gasteiger partial charge in [-0.05, 0) is 81.4 Å². The lowest BCUT2D eigenvalue weighted by molar-refractivity contribution is -0.134. The number of hydrogen-bond acceptors (Lipinski definition) is 5. The summed E-state index contributed by atoms with van der Waals surface area (Å²) in [6.45, 7) is 6.50. The fourth-order valence-corrected chi connectivity index (χ4v) is 5.47. The smallest absolute Gasteiger partial charge is 0.325 e. The van der Waals surface area contributed by atoms with Crippen LogP contribution in [0, 0.1) is 5.92 Å². The maximum absolute atomic E-state index is 13.5. The predicted molar refractivity (Wildman–Crippen MR) is 132 cm³/mol. The van der Waals surface area contributed by atoms with Crippen LogP contribution in [0.15, 0.2) is 48.7 Å². The van der Waals surface area contributed by atoms with E-state index >= 15 is 0 Å². The number of nitrogens with zero attached hydrogens (tertiary/aromatic N) is 3. The number of piperidine rings is 1. The monoisotopic (exact) mass is 464 g/mol. The summed E-state index contributed by atoms with van der Waals surface area (Å²) in [5.74, 6) is 0.885. The third-order valence-electron chi connectivity index (χ3n) is 7.62. The largest absolute Gasteiger partial charge is 0.497 e. The normalized spacial score (nSPS) is 22.6. The number of rotatable bonds is 9. The summed E-state index contributed by atoms with van der Waals surface area (Å²) in [6.07, 6.45) is 5.81. The van der Waals surface area contributed by atoms with Crippen LogP contribution in [0.25, 0.3) is 0 Å². The number of benzene rings is 1. The zero-order valence-electron chi connectivity index (χ0n) is 20.5. The van der Waals surface area contributed by atoms with E-state index in [4.69, 9.17) is 4.74 Å². The van der Waals surface area contributed by atoms with Gasteiger partial charge in [0.25, 0.3) is 5.91 Å². The van der Waals surface area contributed by atoms with Gasteiger partial charge in [0.05, 0.1) is 7.11 Å². The summed E-state index contributed by atoms with van der Waals surface area (Å²) >= 11 is 0. The number of nitrogens with one attached hydrogen (secondary N) is 1. The van der Waals surface area contributed by atoms with Gasteiger partial charge in [0, 0.05) is 30.9 Å². The number of hydrogen-bond donors (Lipinski definition) is 1. The Balaban J connectivity index is 1.36. The molecule has 7 nitrogen and oxygen atoms in total. The number of amides is 3. The summed E-state index contributed by atoms with van der Waals surface area (Å²) in [5.41, 5.74) is 1.39. The zero-order chi connectivity index (χ0) is 24.1. The summed E-state index contributed by atoms with van der Waals surface area (Å²) in [4.78, 5) is 34.8. The van der Waals surface area contributed by atoms with Crippen molar-refractivity contribution in [3.8, 4) is 5.75 Å². The van der Waals surface area contributed by atoms with Crippen molar-refractivity contribution in [1.82, 2.24) is 20.1 Å². The van der Waals surface area contributed by atoms with Gasteiger partial charge in [-0.2, -0.15) is 0 Å². The minimum absolute atomic E-state index is 0.0616. The predicted octanol–water partition coefficient (Wildman–Crippen LogP) is 3.68. The van der Waals surface area contributed by atoms with Crippen LogP contribution < -0.4 is 10.1 Å². The van der Waals surface area contributed by atoms with Crippen molar-refractivity contribution >= 4 is 11.9 Å². The summed E-state index contributed by atoms with van der Waals surface area (Å²) in [6, 6.07) is 13.9. The van der Waals surface area contributed by atoms with Crippen LogP contribution >= 0.6 is 0 Å². The first-order valence-electron chi connectivity index (χ1n) is 12.4. The molecule has 0 unspecified atom stereocenters. The Morgan fingerprint density at radius 3 is 2.50 bits per heavy atom. The average molecular weight is 465 g/mol. The summed E-state index contributed by atoms with van der Waals surface area (Å²) < 4.78 is 5.21. The average Bonchev–Trinajstić information content (AvgIpc) is 3.13. The molecule has 7 heteroatoms. The van der Waals surface area contributed by atoms with E-state index in [9.17, 15) is 9.59 Å². The van der Waals surface area contributed by atoms with Gasteiger partial charge in [-0.1, -0.05) is 25.1 Å². The molecule has 3 heterocycles. The summed E-state index contributed by atoms with van der Waals surface area (Å²) in [5, 5.41) is 3.11. The van der Waals surface area contributed by atoms with Crippen LogP contribution in [0.4, 0.5) is 4.79 Å². The van der Waals surface area contributed by atoms with Crippen LogP contribution in [0.3, 0.4) is 0 Å². The molecule has 2 saturated heterocycles. The second kappa shape index (κ2) is 10.6. The standard InChI is InChI=1S/C27H36N4O3/c1-4-27(22-13-16-30(17-14-22)20(2)19-23-7-5-6-15-28-23)25(32)31(26(33)29-27)18-12-21-8-10-24(34-3)11-9-21/h5-11,15,20,22H,4,12-14,16-19H2,1-3H3,(H,29,33)/t20-,27+/m1/s1. The fourth-order valence-electron chi connectivity index (χ4n) is 5.47. The highest BCUT2D eigenvalue weighted by atomic mass is 16.5. The second-order valence-electron chi connectivity index (χ2n) is 9.49. The molecule has 3 amide bonds. The van der Waals surface area contributed by atoms with Crippen molar-refractivity contribution in [2.45, 2.75) is 57.5 Å². The molecule has 0 saturated carbocycles. The number of aromatic nitrogens is 1. The van der Waals surface area contributed by atoms with Gasteiger partial charge < -0.3 is 15.0 Å². The van der Waals surface area contributed by atoms with Gasteiger partial charge in [0.2, 0.25) is 0 Å². The van der Waals surface area contributed by atoms with E-state index in [-0.39, 0.29) is 17.9 Å². The minimum atomic E-state index is -0.784. The molecule has 0 aliphatic carbocycles. The number of likely N-dealkylation sites (tertiary alicyclic amines) is 1. The molecule has 0 radical (unpaired) electrons. The Bertz CT molecular complexity index is 973. The third-order valence-corrected chi connectivity index (χ3v) is 7.62. The molecule has 1 aromatic carbocycles. The van der Waals surface area contributed by atoms with E-state index in [1.807, 2.05) is 49.5 Å². The number of pyridine rings is 1. The lowest BCUT2D eigenvalue weighted by atomic mass is 9.75. The number of urea groups is 1. The molecule has 2 fully saturated rings. The summed E-state index contributed by atoms with van der Waals surface area (Å²) in [7, 11) is 1.64. The molecule has 0 spiro atoms. The molecular weight excluding hydrogens is 428 g/mol. The van der Waals surface area contributed by atoms with E-state index in [0.717, 1.165) is 49.4 Å². The zero-order valence-corrected chi connectivity index (χ0v) is 20.5. The van der Waals surface area contributed by atoms with Gasteiger partial charge in [-0.15, -0.1) is 0 Å². The van der Waals surface area contributed by atoms with Crippen molar-refractivity contribution < 1.29 is 14.3 Å². The van der Waals surface area contributed by atoms with E-state index in [1.165, 1.54) is 4.90 Å². The maximum atomic E-state index is 13.5. The second-order valence-corrected chi connectivity index (χ2v) is 9.49. The first-order chi connectivity index (χ1) is 16.5. The SMILES string of the molecule is CC[C@@]1(C2CCN([C@H](C)Cc3ccccn3)CC2)NC(=O)N(CCc2ccc(OC)cc2)C1=O. The molecule has 1 aromatic heterocycles. The highest BCUT2D eigenvalue weighted by Crippen LogP contribution is 2.36. The van der Waals surface area contributed by atoms with Gasteiger partial charge in [0.15, 0.2) is 0 Å². The Morgan fingerprint density at radius 2 is 1.88 bits per heavy atom. The highest BCUT2D eigenvalue weighted by Gasteiger charge is 2.54. The van der Waals surface area contributed by atoms with Crippen LogP contribution in [0.2, 0.25) is 0 Å². The fraction of sp³-hybridized carbons (Fsp3) is 0.519. The molecule has 34 heavy (non-hydrogen) atoms. The first-order valence-corrected chi connectivity index (χ1v) is 12.4. The van der Waals surface area contributed by atoms with Gasteiger partial charge in [-0.3, -0.25) is 14.7 Å². The van der Waals surface area contributed by atoms with Crippen molar-refractivity contribution in [2.75, 3.05) is 26.7 Å². The van der Waals surface area contributed by atoms with E-state index in [0.29, 0.717) is 25.4 Å². The van der Waals surface area contributed by atoms with Crippen molar-refractivity contribution in [3.05, 3.63) is 59.9 Å².